The maximum Gasteiger partial charge on any atom is 0.617 e. The highest BCUT2D eigenvalue weighted by atomic mass is 19.1. The van der Waals surface area contributed by atoms with E-state index < -0.39 is 12.0 Å². The topological polar surface area (TPSA) is 52.3 Å². The molecule has 0 fully saturated rings. The van der Waals surface area contributed by atoms with Crippen LogP contribution >= 0.6 is 0 Å². The molecule has 1 rings (SSSR count). The summed E-state index contributed by atoms with van der Waals surface area (Å²) in [7, 11) is -0.160. The van der Waals surface area contributed by atoms with Crippen LogP contribution < -0.4 is 5.73 Å². The number of rotatable bonds is 4. The second-order valence-corrected chi connectivity index (χ2v) is 2.82. The molecule has 1 aromatic carbocycles. The lowest BCUT2D eigenvalue weighted by molar-refractivity contribution is -0.136. The summed E-state index contributed by atoms with van der Waals surface area (Å²) in [5, 5.41) is 0. The maximum absolute atomic E-state index is 11.5. The van der Waals surface area contributed by atoms with E-state index in [2.05, 4.69) is 4.65 Å². The number of carbonyl (C=O) groups excluding carboxylic acids is 1. The minimum Gasteiger partial charge on any atom is -0.506 e. The molecule has 0 aliphatic rings. The third-order valence-corrected chi connectivity index (χ3v) is 1.76. The van der Waals surface area contributed by atoms with Crippen LogP contribution in [0.4, 0.5) is 4.32 Å². The fourth-order valence-electron chi connectivity index (χ4n) is 1.08. The Morgan fingerprint density at radius 1 is 1.50 bits per heavy atom. The lowest BCUT2D eigenvalue weighted by Crippen LogP contribution is -2.34. The predicted octanol–water partition coefficient (Wildman–Crippen LogP) is 0.603. The van der Waals surface area contributed by atoms with Crippen LogP contribution in [0, 0.1) is 0 Å². The smallest absolute Gasteiger partial charge is 0.506 e. The van der Waals surface area contributed by atoms with Gasteiger partial charge >= 0.3 is 13.7 Å². The second kappa shape index (κ2) is 5.39. The van der Waals surface area contributed by atoms with Gasteiger partial charge in [-0.15, -0.1) is 0 Å². The van der Waals surface area contributed by atoms with Crippen molar-refractivity contribution in [3.05, 3.63) is 35.9 Å². The molecule has 0 heterocycles. The molecule has 73 valence electrons. The Morgan fingerprint density at radius 3 is 2.71 bits per heavy atom. The van der Waals surface area contributed by atoms with E-state index in [0.29, 0.717) is 6.42 Å². The molecule has 0 saturated carbocycles. The first-order valence-corrected chi connectivity index (χ1v) is 4.16. The molecule has 1 atom stereocenters. The fourth-order valence-corrected chi connectivity index (χ4v) is 1.08. The molecule has 2 N–H and O–H groups in total. The molecular formula is C9H10BFNO2. The molecule has 0 saturated heterocycles. The third-order valence-electron chi connectivity index (χ3n) is 1.76. The van der Waals surface area contributed by atoms with E-state index in [0.717, 1.165) is 5.56 Å². The Hall–Kier alpha value is -1.36. The Kier molecular flexibility index (Phi) is 4.13. The molecule has 0 bridgehead atoms. The van der Waals surface area contributed by atoms with Crippen LogP contribution in [0.1, 0.15) is 5.56 Å². The van der Waals surface area contributed by atoms with Crippen molar-refractivity contribution in [3.8, 4) is 0 Å². The lowest BCUT2D eigenvalue weighted by Gasteiger charge is -2.09. The molecule has 5 heteroatoms. The molecule has 0 spiro atoms. The summed E-state index contributed by atoms with van der Waals surface area (Å²) in [5.74, 6) is -0.767. The third kappa shape index (κ3) is 3.18. The van der Waals surface area contributed by atoms with Crippen molar-refractivity contribution in [1.82, 2.24) is 0 Å². The molecular weight excluding hydrogens is 184 g/mol. The summed E-state index contributed by atoms with van der Waals surface area (Å²) < 4.78 is 15.5. The molecule has 3 nitrogen and oxygen atoms in total. The van der Waals surface area contributed by atoms with Crippen LogP contribution in [-0.2, 0) is 15.9 Å². The van der Waals surface area contributed by atoms with Crippen LogP contribution in [0.25, 0.3) is 0 Å². The predicted molar refractivity (Wildman–Crippen MR) is 51.1 cm³/mol. The van der Waals surface area contributed by atoms with Gasteiger partial charge < -0.3 is 10.4 Å². The normalized spacial score (nSPS) is 11.9. The molecule has 0 aromatic heterocycles. The monoisotopic (exact) mass is 194 g/mol. The van der Waals surface area contributed by atoms with E-state index in [4.69, 9.17) is 5.73 Å². The van der Waals surface area contributed by atoms with Gasteiger partial charge in [0.1, 0.15) is 6.04 Å². The Morgan fingerprint density at radius 2 is 2.14 bits per heavy atom. The van der Waals surface area contributed by atoms with Crippen molar-refractivity contribution in [3.63, 3.8) is 0 Å². The van der Waals surface area contributed by atoms with Crippen molar-refractivity contribution >= 4 is 13.7 Å². The first-order valence-electron chi connectivity index (χ1n) is 4.16. The van der Waals surface area contributed by atoms with Crippen LogP contribution in [0.5, 0.6) is 0 Å². The quantitative estimate of drug-likeness (QED) is 0.714. The number of hydrogen-bond acceptors (Lipinski definition) is 3. The van der Waals surface area contributed by atoms with Gasteiger partial charge in [0.25, 0.3) is 0 Å². The molecule has 0 aliphatic carbocycles. The number of nitrogens with two attached hydrogens (primary N) is 1. The van der Waals surface area contributed by atoms with E-state index >= 15 is 0 Å². The van der Waals surface area contributed by atoms with Crippen molar-refractivity contribution in [2.75, 3.05) is 0 Å². The van der Waals surface area contributed by atoms with Gasteiger partial charge in [0.2, 0.25) is 0 Å². The molecule has 14 heavy (non-hydrogen) atoms. The average Bonchev–Trinajstić information content (AvgIpc) is 2.19. The van der Waals surface area contributed by atoms with Gasteiger partial charge in [-0.25, -0.2) is 0 Å². The average molecular weight is 194 g/mol. The van der Waals surface area contributed by atoms with E-state index in [9.17, 15) is 9.11 Å². The van der Waals surface area contributed by atoms with Crippen LogP contribution in [0.2, 0.25) is 0 Å². The fraction of sp³-hybridized carbons (Fsp3) is 0.222. The molecule has 0 unspecified atom stereocenters. The largest absolute Gasteiger partial charge is 0.617 e. The van der Waals surface area contributed by atoms with Crippen LogP contribution in [-0.4, -0.2) is 19.8 Å². The minimum absolute atomic E-state index is 0.160. The zero-order valence-corrected chi connectivity index (χ0v) is 7.52. The number of hydrogen-bond donors (Lipinski definition) is 1. The first kappa shape index (κ1) is 10.7. The lowest BCUT2D eigenvalue weighted by atomic mass is 10.1. The van der Waals surface area contributed by atoms with Gasteiger partial charge in [-0.05, 0) is 12.0 Å². The van der Waals surface area contributed by atoms with Crippen molar-refractivity contribution < 1.29 is 13.8 Å². The SMILES string of the molecule is N[C@@H](Cc1ccccc1)C(=O)O[B]F. The summed E-state index contributed by atoms with van der Waals surface area (Å²) in [5.41, 5.74) is 6.39. The summed E-state index contributed by atoms with van der Waals surface area (Å²) >= 11 is 0. The van der Waals surface area contributed by atoms with Crippen molar-refractivity contribution in [1.29, 1.82) is 0 Å². The van der Waals surface area contributed by atoms with Gasteiger partial charge in [0, 0.05) is 0 Å². The van der Waals surface area contributed by atoms with Crippen LogP contribution in [0.15, 0.2) is 30.3 Å². The summed E-state index contributed by atoms with van der Waals surface area (Å²) in [6, 6.07) is 8.40. The highest BCUT2D eigenvalue weighted by Gasteiger charge is 2.15. The van der Waals surface area contributed by atoms with Crippen LogP contribution in [0.3, 0.4) is 0 Å². The van der Waals surface area contributed by atoms with Gasteiger partial charge in [-0.1, -0.05) is 30.3 Å². The number of halogens is 1. The van der Waals surface area contributed by atoms with Gasteiger partial charge in [-0.2, -0.15) is 0 Å². The Labute approximate surface area is 82.4 Å². The van der Waals surface area contributed by atoms with Crippen molar-refractivity contribution in [2.45, 2.75) is 12.5 Å². The second-order valence-electron chi connectivity index (χ2n) is 2.82. The van der Waals surface area contributed by atoms with E-state index in [-0.39, 0.29) is 7.76 Å². The van der Waals surface area contributed by atoms with Gasteiger partial charge in [0.15, 0.2) is 0 Å². The molecule has 1 aromatic rings. The number of benzene rings is 1. The van der Waals surface area contributed by atoms with E-state index in [1.165, 1.54) is 0 Å². The molecule has 1 radical (unpaired) electrons. The zero-order valence-electron chi connectivity index (χ0n) is 7.52. The van der Waals surface area contributed by atoms with Crippen molar-refractivity contribution in [2.24, 2.45) is 5.73 Å². The molecule has 0 amide bonds. The summed E-state index contributed by atoms with van der Waals surface area (Å²) in [4.78, 5) is 10.9. The summed E-state index contributed by atoms with van der Waals surface area (Å²) in [6.07, 6.45) is 0.341. The highest BCUT2D eigenvalue weighted by molar-refractivity contribution is 6.21. The Balaban J connectivity index is 2.49. The summed E-state index contributed by atoms with van der Waals surface area (Å²) in [6.45, 7) is 0. The first-order chi connectivity index (χ1) is 6.74. The Bertz CT molecular complexity index is 294. The van der Waals surface area contributed by atoms with Gasteiger partial charge in [-0.3, -0.25) is 9.11 Å². The van der Waals surface area contributed by atoms with E-state index in [1.54, 1.807) is 0 Å². The van der Waals surface area contributed by atoms with E-state index in [1.807, 2.05) is 30.3 Å². The maximum atomic E-state index is 11.5. The van der Waals surface area contributed by atoms with Gasteiger partial charge in [0.05, 0.1) is 0 Å². The number of carbonyl (C=O) groups is 1. The standard InChI is InChI=1S/C9H10BFNO2/c11-10-14-9(13)8(12)6-7-4-2-1-3-5-7/h1-5,8H,6,12H2/t8-/m0/s1. The zero-order chi connectivity index (χ0) is 10.4. The molecule has 0 aliphatic heterocycles. The highest BCUT2D eigenvalue weighted by Crippen LogP contribution is 2.02. The minimum atomic E-state index is -0.829.